The fourth-order valence-corrected chi connectivity index (χ4v) is 3.18. The van der Waals surface area contributed by atoms with Crippen LogP contribution < -0.4 is 14.2 Å². The summed E-state index contributed by atoms with van der Waals surface area (Å²) in [5.74, 6) is 1.35. The van der Waals surface area contributed by atoms with E-state index in [0.717, 1.165) is 16.3 Å². The zero-order valence-electron chi connectivity index (χ0n) is 19.1. The molecule has 7 heteroatoms. The Morgan fingerprint density at radius 2 is 1.41 bits per heavy atom. The smallest absolute Gasteiger partial charge is 0.493 e. The van der Waals surface area contributed by atoms with Gasteiger partial charge in [0.25, 0.3) is 0 Å². The summed E-state index contributed by atoms with van der Waals surface area (Å²) in [6, 6.07) is 17.3. The van der Waals surface area contributed by atoms with Crippen molar-refractivity contribution in [1.29, 1.82) is 0 Å². The van der Waals surface area contributed by atoms with E-state index in [1.54, 1.807) is 32.9 Å². The molecule has 0 aromatic heterocycles. The summed E-state index contributed by atoms with van der Waals surface area (Å²) in [7, 11) is 4.60. The zero-order chi connectivity index (χ0) is 23.3. The lowest BCUT2D eigenvalue weighted by atomic mass is 9.98. The van der Waals surface area contributed by atoms with Crippen molar-refractivity contribution in [3.8, 4) is 17.2 Å². The predicted octanol–water partition coefficient (Wildman–Crippen LogP) is 5.57. The van der Waals surface area contributed by atoms with Crippen molar-refractivity contribution < 1.29 is 28.6 Å². The van der Waals surface area contributed by atoms with Gasteiger partial charge in [-0.25, -0.2) is 4.79 Å². The van der Waals surface area contributed by atoms with Crippen molar-refractivity contribution in [2.75, 3.05) is 21.3 Å². The number of benzene rings is 3. The van der Waals surface area contributed by atoms with Crippen LogP contribution in [0, 0.1) is 0 Å². The highest BCUT2D eigenvalue weighted by atomic mass is 16.8. The maximum Gasteiger partial charge on any atom is 0.535 e. The van der Waals surface area contributed by atoms with Gasteiger partial charge in [-0.05, 0) is 49.7 Å². The van der Waals surface area contributed by atoms with Crippen molar-refractivity contribution in [2.24, 2.45) is 5.16 Å². The van der Waals surface area contributed by atoms with Gasteiger partial charge in [-0.1, -0.05) is 41.6 Å². The van der Waals surface area contributed by atoms with Gasteiger partial charge < -0.3 is 18.9 Å². The first-order valence-corrected chi connectivity index (χ1v) is 10.0. The molecule has 7 nitrogen and oxygen atoms in total. The highest BCUT2D eigenvalue weighted by Crippen LogP contribution is 2.39. The first-order chi connectivity index (χ1) is 15.3. The molecule has 168 valence electrons. The number of methoxy groups -OCH3 is 3. The Morgan fingerprint density at radius 1 is 0.781 bits per heavy atom. The van der Waals surface area contributed by atoms with E-state index in [2.05, 4.69) is 5.16 Å². The van der Waals surface area contributed by atoms with E-state index < -0.39 is 11.8 Å². The second-order valence-electron chi connectivity index (χ2n) is 7.97. The Balaban J connectivity index is 2.13. The first-order valence-electron chi connectivity index (χ1n) is 10.0. The molecule has 3 rings (SSSR count). The number of hydrogen-bond acceptors (Lipinski definition) is 7. The lowest BCUT2D eigenvalue weighted by molar-refractivity contribution is -0.00613. The normalized spacial score (nSPS) is 11.8. The summed E-state index contributed by atoms with van der Waals surface area (Å²) in [4.78, 5) is 17.3. The second kappa shape index (κ2) is 9.60. The Morgan fingerprint density at radius 3 is 1.97 bits per heavy atom. The van der Waals surface area contributed by atoms with E-state index in [-0.39, 0.29) is 0 Å². The van der Waals surface area contributed by atoms with Crippen LogP contribution >= 0.6 is 0 Å². The lowest BCUT2D eigenvalue weighted by Gasteiger charge is -2.18. The molecule has 0 aliphatic heterocycles. The minimum Gasteiger partial charge on any atom is -0.493 e. The van der Waals surface area contributed by atoms with Gasteiger partial charge in [0, 0.05) is 11.1 Å². The molecular formula is C25H27NO6. The molecular weight excluding hydrogens is 410 g/mol. The maximum absolute atomic E-state index is 12.2. The molecule has 0 heterocycles. The van der Waals surface area contributed by atoms with Crippen molar-refractivity contribution in [3.63, 3.8) is 0 Å². The summed E-state index contributed by atoms with van der Waals surface area (Å²) >= 11 is 0. The fraction of sp³-hybridized carbons (Fsp3) is 0.280. The van der Waals surface area contributed by atoms with E-state index in [4.69, 9.17) is 23.8 Å². The third-order valence-electron chi connectivity index (χ3n) is 4.56. The predicted molar refractivity (Wildman–Crippen MR) is 123 cm³/mol. The quantitative estimate of drug-likeness (QED) is 0.217. The highest BCUT2D eigenvalue weighted by molar-refractivity contribution is 6.14. The number of hydrogen-bond donors (Lipinski definition) is 0. The van der Waals surface area contributed by atoms with Crippen LogP contribution in [0.2, 0.25) is 0 Å². The topological polar surface area (TPSA) is 75.6 Å². The van der Waals surface area contributed by atoms with Gasteiger partial charge in [-0.15, -0.1) is 0 Å². The monoisotopic (exact) mass is 437 g/mol. The zero-order valence-corrected chi connectivity index (χ0v) is 19.1. The molecule has 3 aromatic carbocycles. The van der Waals surface area contributed by atoms with Crippen LogP contribution in [0.15, 0.2) is 59.8 Å². The number of carbonyl (C=O) groups is 1. The molecule has 0 atom stereocenters. The number of carbonyl (C=O) groups excluding carboxylic acids is 1. The van der Waals surface area contributed by atoms with E-state index in [1.165, 1.54) is 21.3 Å². The molecule has 0 aliphatic carbocycles. The van der Waals surface area contributed by atoms with E-state index >= 15 is 0 Å². The largest absolute Gasteiger partial charge is 0.535 e. The van der Waals surface area contributed by atoms with Crippen LogP contribution in [0.4, 0.5) is 4.79 Å². The van der Waals surface area contributed by atoms with Crippen LogP contribution in [0.1, 0.15) is 31.9 Å². The Bertz CT molecular complexity index is 1120. The van der Waals surface area contributed by atoms with Gasteiger partial charge in [-0.3, -0.25) is 4.84 Å². The Labute approximate surface area is 187 Å². The lowest BCUT2D eigenvalue weighted by Crippen LogP contribution is -2.23. The van der Waals surface area contributed by atoms with E-state index in [1.807, 2.05) is 42.5 Å². The second-order valence-corrected chi connectivity index (χ2v) is 7.97. The van der Waals surface area contributed by atoms with Crippen molar-refractivity contribution in [3.05, 3.63) is 65.7 Å². The summed E-state index contributed by atoms with van der Waals surface area (Å²) < 4.78 is 21.6. The molecule has 0 saturated heterocycles. The summed E-state index contributed by atoms with van der Waals surface area (Å²) in [6.45, 7) is 5.25. The fourth-order valence-electron chi connectivity index (χ4n) is 3.18. The van der Waals surface area contributed by atoms with E-state index in [0.29, 0.717) is 28.5 Å². The van der Waals surface area contributed by atoms with Gasteiger partial charge in [0.15, 0.2) is 11.5 Å². The number of fused-ring (bicyclic) bond motifs is 1. The molecule has 0 fully saturated rings. The van der Waals surface area contributed by atoms with Crippen LogP contribution in [0.3, 0.4) is 0 Å². The Hall–Kier alpha value is -3.74. The molecule has 0 unspecified atom stereocenters. The summed E-state index contributed by atoms with van der Waals surface area (Å²) in [5.41, 5.74) is 1.04. The molecule has 0 aliphatic rings. The molecule has 32 heavy (non-hydrogen) atoms. The van der Waals surface area contributed by atoms with Gasteiger partial charge >= 0.3 is 6.16 Å². The van der Waals surface area contributed by atoms with Gasteiger partial charge in [0.1, 0.15) is 11.3 Å². The van der Waals surface area contributed by atoms with Gasteiger partial charge in [0.05, 0.1) is 21.3 Å². The molecule has 3 aromatic rings. The van der Waals surface area contributed by atoms with E-state index in [9.17, 15) is 4.79 Å². The van der Waals surface area contributed by atoms with Crippen molar-refractivity contribution >= 4 is 22.6 Å². The molecule has 0 spiro atoms. The highest BCUT2D eigenvalue weighted by Gasteiger charge is 2.21. The average Bonchev–Trinajstić information content (AvgIpc) is 2.77. The maximum atomic E-state index is 12.2. The molecule has 0 amide bonds. The number of rotatable bonds is 6. The SMILES string of the molecule is COc1cc(/C(=N/OC(=O)OC(C)(C)C)c2ccc3ccccc3c2)cc(OC)c1OC. The summed E-state index contributed by atoms with van der Waals surface area (Å²) in [6.07, 6.45) is -0.900. The summed E-state index contributed by atoms with van der Waals surface area (Å²) in [5, 5.41) is 6.25. The minimum atomic E-state index is -0.900. The molecule has 0 saturated carbocycles. The van der Waals surface area contributed by atoms with Crippen LogP contribution in [0.5, 0.6) is 17.2 Å². The van der Waals surface area contributed by atoms with Gasteiger partial charge in [0.2, 0.25) is 5.75 Å². The molecule has 0 radical (unpaired) electrons. The number of oxime groups is 1. The first kappa shape index (κ1) is 22.9. The number of nitrogens with zero attached hydrogens (tertiary/aromatic N) is 1. The van der Waals surface area contributed by atoms with Crippen molar-refractivity contribution in [1.82, 2.24) is 0 Å². The number of ether oxygens (including phenoxy) is 4. The molecule has 0 bridgehead atoms. The Kier molecular flexibility index (Phi) is 6.88. The third-order valence-corrected chi connectivity index (χ3v) is 4.56. The minimum absolute atomic E-state index is 0.404. The average molecular weight is 437 g/mol. The van der Waals surface area contributed by atoms with Crippen LogP contribution in [-0.2, 0) is 9.57 Å². The standard InChI is InChI=1S/C25H27NO6/c1-25(2,3)31-24(27)32-26-22(18-12-11-16-9-7-8-10-17(16)13-18)19-14-20(28-4)23(30-6)21(15-19)29-5/h7-15H,1-6H3/b26-22+. The van der Waals surface area contributed by atoms with Crippen LogP contribution in [-0.4, -0.2) is 38.8 Å². The third kappa shape index (κ3) is 5.29. The molecule has 0 N–H and O–H groups in total. The van der Waals surface area contributed by atoms with Crippen LogP contribution in [0.25, 0.3) is 10.8 Å². The van der Waals surface area contributed by atoms with Gasteiger partial charge in [-0.2, -0.15) is 0 Å². The van der Waals surface area contributed by atoms with Crippen molar-refractivity contribution in [2.45, 2.75) is 26.4 Å².